The van der Waals surface area contributed by atoms with E-state index in [1.807, 2.05) is 0 Å². The second-order valence-corrected chi connectivity index (χ2v) is 7.29. The lowest BCUT2D eigenvalue weighted by molar-refractivity contribution is 0.119. The standard InChI is InChI=1S/C15H15F2N3O3S/c16-13-5-4-12(9-14(13)17)24(21,22)20-8-1-3-11(10-20)23-15-18-6-2-7-19-15/h2,4-7,9,11H,1,3,8,10H2. The number of hydrogen-bond donors (Lipinski definition) is 0. The Morgan fingerprint density at radius 2 is 1.92 bits per heavy atom. The summed E-state index contributed by atoms with van der Waals surface area (Å²) in [5, 5.41) is 0. The Kier molecular flexibility index (Phi) is 4.72. The fourth-order valence-corrected chi connectivity index (χ4v) is 4.02. The summed E-state index contributed by atoms with van der Waals surface area (Å²) < 4.78 is 58.4. The van der Waals surface area contributed by atoms with E-state index in [1.165, 1.54) is 16.7 Å². The largest absolute Gasteiger partial charge is 0.459 e. The topological polar surface area (TPSA) is 72.4 Å². The highest BCUT2D eigenvalue weighted by atomic mass is 32.2. The van der Waals surface area contributed by atoms with Gasteiger partial charge in [0.2, 0.25) is 10.0 Å². The van der Waals surface area contributed by atoms with Gasteiger partial charge in [0.1, 0.15) is 6.10 Å². The van der Waals surface area contributed by atoms with E-state index in [0.29, 0.717) is 18.9 Å². The Morgan fingerprint density at radius 1 is 1.17 bits per heavy atom. The number of aromatic nitrogens is 2. The summed E-state index contributed by atoms with van der Waals surface area (Å²) in [6.07, 6.45) is 3.89. The summed E-state index contributed by atoms with van der Waals surface area (Å²) in [6, 6.07) is 4.37. The number of nitrogens with zero attached hydrogens (tertiary/aromatic N) is 3. The van der Waals surface area contributed by atoms with Gasteiger partial charge in [-0.1, -0.05) is 0 Å². The van der Waals surface area contributed by atoms with Crippen LogP contribution in [0, 0.1) is 11.6 Å². The molecule has 1 aliphatic rings. The summed E-state index contributed by atoms with van der Waals surface area (Å²) in [7, 11) is -3.92. The Bertz CT molecular complexity index is 818. The van der Waals surface area contributed by atoms with Crippen molar-refractivity contribution >= 4 is 10.0 Å². The normalized spacial score (nSPS) is 19.2. The van der Waals surface area contributed by atoms with Gasteiger partial charge in [-0.15, -0.1) is 0 Å². The van der Waals surface area contributed by atoms with Crippen LogP contribution in [-0.4, -0.2) is 41.9 Å². The first-order valence-corrected chi connectivity index (χ1v) is 8.80. The van der Waals surface area contributed by atoms with Gasteiger partial charge in [-0.05, 0) is 37.1 Å². The van der Waals surface area contributed by atoms with Crippen molar-refractivity contribution < 1.29 is 21.9 Å². The quantitative estimate of drug-likeness (QED) is 0.839. The Morgan fingerprint density at radius 3 is 2.62 bits per heavy atom. The van der Waals surface area contributed by atoms with Crippen molar-refractivity contribution in [2.24, 2.45) is 0 Å². The van der Waals surface area contributed by atoms with Gasteiger partial charge in [0, 0.05) is 18.9 Å². The number of benzene rings is 1. The second-order valence-electron chi connectivity index (χ2n) is 5.35. The highest BCUT2D eigenvalue weighted by molar-refractivity contribution is 7.89. The molecule has 0 radical (unpaired) electrons. The predicted molar refractivity (Wildman–Crippen MR) is 80.8 cm³/mol. The van der Waals surface area contributed by atoms with Crippen LogP contribution >= 0.6 is 0 Å². The number of rotatable bonds is 4. The summed E-state index contributed by atoms with van der Waals surface area (Å²) in [6.45, 7) is 0.385. The van der Waals surface area contributed by atoms with Crippen LogP contribution in [0.5, 0.6) is 6.01 Å². The minimum atomic E-state index is -3.92. The smallest absolute Gasteiger partial charge is 0.316 e. The van der Waals surface area contributed by atoms with Crippen LogP contribution < -0.4 is 4.74 Å². The molecule has 1 aromatic heterocycles. The van der Waals surface area contributed by atoms with Gasteiger partial charge in [-0.25, -0.2) is 27.2 Å². The van der Waals surface area contributed by atoms with Crippen molar-refractivity contribution in [3.05, 3.63) is 48.3 Å². The van der Waals surface area contributed by atoms with E-state index in [-0.39, 0.29) is 24.0 Å². The van der Waals surface area contributed by atoms with Gasteiger partial charge in [-0.2, -0.15) is 4.31 Å². The molecule has 0 aliphatic carbocycles. The van der Waals surface area contributed by atoms with E-state index in [0.717, 1.165) is 12.1 Å². The van der Waals surface area contributed by atoms with E-state index < -0.39 is 27.8 Å². The van der Waals surface area contributed by atoms with Crippen LogP contribution in [0.15, 0.2) is 41.6 Å². The molecule has 1 saturated heterocycles. The molecule has 1 aromatic carbocycles. The zero-order chi connectivity index (χ0) is 17.2. The van der Waals surface area contributed by atoms with Gasteiger partial charge in [0.15, 0.2) is 11.6 Å². The van der Waals surface area contributed by atoms with E-state index in [9.17, 15) is 17.2 Å². The average Bonchev–Trinajstić information content (AvgIpc) is 2.58. The molecule has 1 atom stereocenters. The number of piperidine rings is 1. The number of halogens is 2. The summed E-state index contributed by atoms with van der Waals surface area (Å²) in [4.78, 5) is 7.61. The van der Waals surface area contributed by atoms with Gasteiger partial charge in [-0.3, -0.25) is 0 Å². The summed E-state index contributed by atoms with van der Waals surface area (Å²) in [5.41, 5.74) is 0. The molecule has 1 aliphatic heterocycles. The van der Waals surface area contributed by atoms with Gasteiger partial charge in [0.25, 0.3) is 0 Å². The van der Waals surface area contributed by atoms with Gasteiger partial charge < -0.3 is 4.74 Å². The third-order valence-electron chi connectivity index (χ3n) is 3.68. The monoisotopic (exact) mass is 355 g/mol. The first-order chi connectivity index (χ1) is 11.5. The van der Waals surface area contributed by atoms with Crippen LogP contribution in [0.2, 0.25) is 0 Å². The number of sulfonamides is 1. The van der Waals surface area contributed by atoms with Crippen molar-refractivity contribution in [1.82, 2.24) is 14.3 Å². The minimum absolute atomic E-state index is 0.0968. The lowest BCUT2D eigenvalue weighted by atomic mass is 10.1. The van der Waals surface area contributed by atoms with Crippen LogP contribution in [0.25, 0.3) is 0 Å². The molecule has 9 heteroatoms. The molecule has 0 spiro atoms. The minimum Gasteiger partial charge on any atom is -0.459 e. The summed E-state index contributed by atoms with van der Waals surface area (Å²) in [5.74, 6) is -2.28. The molecule has 0 saturated carbocycles. The van der Waals surface area contributed by atoms with Gasteiger partial charge >= 0.3 is 6.01 Å². The second kappa shape index (κ2) is 6.78. The Labute approximate surface area is 138 Å². The Balaban J connectivity index is 1.77. The molecular weight excluding hydrogens is 340 g/mol. The molecule has 2 aromatic rings. The molecular formula is C15H15F2N3O3S. The fraction of sp³-hybridized carbons (Fsp3) is 0.333. The Hall–Kier alpha value is -2.13. The first-order valence-electron chi connectivity index (χ1n) is 7.36. The SMILES string of the molecule is O=S(=O)(c1ccc(F)c(F)c1)N1CCCC(Oc2ncccn2)C1. The predicted octanol–water partition coefficient (Wildman–Crippen LogP) is 1.99. The average molecular weight is 355 g/mol. The zero-order valence-corrected chi connectivity index (χ0v) is 13.4. The highest BCUT2D eigenvalue weighted by Crippen LogP contribution is 2.23. The molecule has 3 rings (SSSR count). The van der Waals surface area contributed by atoms with Crippen LogP contribution in [0.4, 0.5) is 8.78 Å². The van der Waals surface area contributed by atoms with Crippen LogP contribution in [-0.2, 0) is 10.0 Å². The molecule has 0 N–H and O–H groups in total. The lowest BCUT2D eigenvalue weighted by Gasteiger charge is -2.31. The molecule has 128 valence electrons. The summed E-state index contributed by atoms with van der Waals surface area (Å²) >= 11 is 0. The molecule has 2 heterocycles. The molecule has 1 unspecified atom stereocenters. The van der Waals surface area contributed by atoms with E-state index >= 15 is 0 Å². The van der Waals surface area contributed by atoms with Gasteiger partial charge in [0.05, 0.1) is 11.4 Å². The third-order valence-corrected chi connectivity index (χ3v) is 5.55. The van der Waals surface area contributed by atoms with E-state index in [4.69, 9.17) is 4.74 Å². The number of ether oxygens (including phenoxy) is 1. The van der Waals surface area contributed by atoms with E-state index in [2.05, 4.69) is 9.97 Å². The lowest BCUT2D eigenvalue weighted by Crippen LogP contribution is -2.44. The maximum atomic E-state index is 13.3. The maximum absolute atomic E-state index is 13.3. The van der Waals surface area contributed by atoms with Crippen molar-refractivity contribution in [3.63, 3.8) is 0 Å². The van der Waals surface area contributed by atoms with Crippen molar-refractivity contribution in [1.29, 1.82) is 0 Å². The highest BCUT2D eigenvalue weighted by Gasteiger charge is 2.32. The maximum Gasteiger partial charge on any atom is 0.316 e. The molecule has 0 amide bonds. The molecule has 6 nitrogen and oxygen atoms in total. The first kappa shape index (κ1) is 16.7. The molecule has 24 heavy (non-hydrogen) atoms. The molecule has 1 fully saturated rings. The number of hydrogen-bond acceptors (Lipinski definition) is 5. The molecule has 0 bridgehead atoms. The van der Waals surface area contributed by atoms with Crippen molar-refractivity contribution in [2.75, 3.05) is 13.1 Å². The van der Waals surface area contributed by atoms with Crippen molar-refractivity contribution in [2.45, 2.75) is 23.8 Å². The van der Waals surface area contributed by atoms with Crippen LogP contribution in [0.1, 0.15) is 12.8 Å². The third kappa shape index (κ3) is 3.51. The van der Waals surface area contributed by atoms with E-state index in [1.54, 1.807) is 6.07 Å². The fourth-order valence-electron chi connectivity index (χ4n) is 2.50. The zero-order valence-electron chi connectivity index (χ0n) is 12.6. The van der Waals surface area contributed by atoms with Crippen LogP contribution in [0.3, 0.4) is 0 Å². The van der Waals surface area contributed by atoms with Crippen molar-refractivity contribution in [3.8, 4) is 6.01 Å².